The summed E-state index contributed by atoms with van der Waals surface area (Å²) in [6, 6.07) is 8.61. The number of rotatable bonds is 5. The first-order valence-electron chi connectivity index (χ1n) is 7.14. The van der Waals surface area contributed by atoms with Crippen LogP contribution in [-0.4, -0.2) is 26.5 Å². The molecule has 1 aliphatic heterocycles. The number of pyridine rings is 1. The van der Waals surface area contributed by atoms with Crippen LogP contribution in [0.25, 0.3) is 0 Å². The Labute approximate surface area is 134 Å². The van der Waals surface area contributed by atoms with Crippen molar-refractivity contribution in [2.75, 3.05) is 18.0 Å². The van der Waals surface area contributed by atoms with E-state index in [0.29, 0.717) is 0 Å². The van der Waals surface area contributed by atoms with Gasteiger partial charge >= 0.3 is 0 Å². The molecule has 1 aliphatic rings. The zero-order chi connectivity index (χ0) is 16.3. The molecule has 0 atom stereocenters. The SMILES string of the molecule is O=S(=O)(NCc1cccc(N2CC=CC2)c1)c1cncc(F)c1. The van der Waals surface area contributed by atoms with Gasteiger partial charge in [0.25, 0.3) is 0 Å². The maximum atomic E-state index is 13.1. The van der Waals surface area contributed by atoms with Crippen molar-refractivity contribution in [3.05, 3.63) is 66.3 Å². The minimum Gasteiger partial charge on any atom is -0.364 e. The fourth-order valence-electron chi connectivity index (χ4n) is 2.35. The largest absolute Gasteiger partial charge is 0.364 e. The summed E-state index contributed by atoms with van der Waals surface area (Å²) in [6.45, 7) is 1.84. The monoisotopic (exact) mass is 333 g/mol. The molecule has 120 valence electrons. The Kier molecular flexibility index (Phi) is 4.40. The van der Waals surface area contributed by atoms with Crippen molar-refractivity contribution in [2.45, 2.75) is 11.4 Å². The van der Waals surface area contributed by atoms with Crippen molar-refractivity contribution in [2.24, 2.45) is 0 Å². The third-order valence-corrected chi connectivity index (χ3v) is 4.92. The van der Waals surface area contributed by atoms with E-state index in [9.17, 15) is 12.8 Å². The van der Waals surface area contributed by atoms with Gasteiger partial charge in [-0.3, -0.25) is 4.98 Å². The molecule has 1 aromatic heterocycles. The molecular formula is C16H16FN3O2S. The molecule has 0 fully saturated rings. The van der Waals surface area contributed by atoms with Crippen LogP contribution < -0.4 is 9.62 Å². The van der Waals surface area contributed by atoms with Gasteiger partial charge in [-0.15, -0.1) is 0 Å². The van der Waals surface area contributed by atoms with Crippen LogP contribution in [0.2, 0.25) is 0 Å². The Balaban J connectivity index is 1.71. The second-order valence-electron chi connectivity index (χ2n) is 5.21. The van der Waals surface area contributed by atoms with Gasteiger partial charge in [0.1, 0.15) is 10.7 Å². The summed E-state index contributed by atoms with van der Waals surface area (Å²) in [5, 5.41) is 0. The Morgan fingerprint density at radius 1 is 1.17 bits per heavy atom. The van der Waals surface area contributed by atoms with E-state index in [1.54, 1.807) is 0 Å². The van der Waals surface area contributed by atoms with Crippen molar-refractivity contribution in [1.82, 2.24) is 9.71 Å². The molecule has 0 amide bonds. The van der Waals surface area contributed by atoms with Gasteiger partial charge in [0.2, 0.25) is 10.0 Å². The average Bonchev–Trinajstić information content (AvgIpc) is 3.08. The predicted octanol–water partition coefficient (Wildman–Crippen LogP) is 2.08. The van der Waals surface area contributed by atoms with Crippen LogP contribution in [0, 0.1) is 5.82 Å². The second-order valence-corrected chi connectivity index (χ2v) is 6.98. The fourth-order valence-corrected chi connectivity index (χ4v) is 3.34. The maximum Gasteiger partial charge on any atom is 0.242 e. The molecule has 7 heteroatoms. The normalized spacial score (nSPS) is 14.4. The minimum atomic E-state index is -3.79. The third-order valence-electron chi connectivity index (χ3n) is 3.55. The van der Waals surface area contributed by atoms with E-state index < -0.39 is 15.8 Å². The highest BCUT2D eigenvalue weighted by molar-refractivity contribution is 7.89. The first kappa shape index (κ1) is 15.6. The summed E-state index contributed by atoms with van der Waals surface area (Å²) in [5.41, 5.74) is 1.88. The number of benzene rings is 1. The lowest BCUT2D eigenvalue weighted by Gasteiger charge is -2.18. The van der Waals surface area contributed by atoms with Gasteiger partial charge in [-0.1, -0.05) is 24.3 Å². The van der Waals surface area contributed by atoms with E-state index in [1.165, 1.54) is 0 Å². The molecule has 0 saturated carbocycles. The third kappa shape index (κ3) is 3.75. The van der Waals surface area contributed by atoms with Gasteiger partial charge in [0, 0.05) is 31.5 Å². The summed E-state index contributed by atoms with van der Waals surface area (Å²) in [5.74, 6) is -0.684. The Morgan fingerprint density at radius 2 is 1.96 bits per heavy atom. The molecule has 1 N–H and O–H groups in total. The predicted molar refractivity (Wildman–Crippen MR) is 86.0 cm³/mol. The first-order valence-corrected chi connectivity index (χ1v) is 8.62. The van der Waals surface area contributed by atoms with Gasteiger partial charge in [-0.2, -0.15) is 0 Å². The minimum absolute atomic E-state index is 0.133. The molecule has 0 bridgehead atoms. The maximum absolute atomic E-state index is 13.1. The number of hydrogen-bond acceptors (Lipinski definition) is 4. The zero-order valence-electron chi connectivity index (χ0n) is 12.3. The van der Waals surface area contributed by atoms with E-state index in [4.69, 9.17) is 0 Å². The van der Waals surface area contributed by atoms with Crippen molar-refractivity contribution < 1.29 is 12.8 Å². The van der Waals surface area contributed by atoms with E-state index >= 15 is 0 Å². The van der Waals surface area contributed by atoms with Crippen LogP contribution in [0.3, 0.4) is 0 Å². The number of sulfonamides is 1. The van der Waals surface area contributed by atoms with Crippen LogP contribution in [0.15, 0.2) is 59.8 Å². The molecule has 0 unspecified atom stereocenters. The molecule has 2 heterocycles. The highest BCUT2D eigenvalue weighted by atomic mass is 32.2. The molecule has 0 spiro atoms. The molecule has 23 heavy (non-hydrogen) atoms. The van der Waals surface area contributed by atoms with Gasteiger partial charge in [-0.05, 0) is 23.8 Å². The van der Waals surface area contributed by atoms with Crippen molar-refractivity contribution in [3.8, 4) is 0 Å². The lowest BCUT2D eigenvalue weighted by atomic mass is 10.2. The first-order chi connectivity index (χ1) is 11.0. The molecule has 3 rings (SSSR count). The number of aromatic nitrogens is 1. The summed E-state index contributed by atoms with van der Waals surface area (Å²) in [6.07, 6.45) is 6.27. The molecule has 5 nitrogen and oxygen atoms in total. The van der Waals surface area contributed by atoms with Crippen LogP contribution in [0.4, 0.5) is 10.1 Å². The van der Waals surface area contributed by atoms with E-state index in [0.717, 1.165) is 42.8 Å². The van der Waals surface area contributed by atoms with Crippen molar-refractivity contribution in [3.63, 3.8) is 0 Å². The van der Waals surface area contributed by atoms with Gasteiger partial charge in [-0.25, -0.2) is 17.5 Å². The number of halogens is 1. The second kappa shape index (κ2) is 6.47. The van der Waals surface area contributed by atoms with Gasteiger partial charge in [0.05, 0.1) is 6.20 Å². The fraction of sp³-hybridized carbons (Fsp3) is 0.188. The molecule has 2 aromatic rings. The standard InChI is InChI=1S/C16H16FN3O2S/c17-14-9-16(12-18-11-14)23(21,22)19-10-13-4-3-5-15(8-13)20-6-1-2-7-20/h1-5,8-9,11-12,19H,6-7,10H2. The summed E-state index contributed by atoms with van der Waals surface area (Å²) < 4.78 is 39.9. The zero-order valence-corrected chi connectivity index (χ0v) is 13.1. The quantitative estimate of drug-likeness (QED) is 0.851. The molecule has 0 saturated heterocycles. The highest BCUT2D eigenvalue weighted by Gasteiger charge is 2.15. The van der Waals surface area contributed by atoms with Crippen LogP contribution >= 0.6 is 0 Å². The average molecular weight is 333 g/mol. The van der Waals surface area contributed by atoms with Crippen LogP contribution in [0.1, 0.15) is 5.56 Å². The smallest absolute Gasteiger partial charge is 0.242 e. The molecule has 0 radical (unpaired) electrons. The highest BCUT2D eigenvalue weighted by Crippen LogP contribution is 2.19. The molecule has 1 aromatic carbocycles. The summed E-state index contributed by atoms with van der Waals surface area (Å²) >= 11 is 0. The molecule has 0 aliphatic carbocycles. The van der Waals surface area contributed by atoms with E-state index in [-0.39, 0.29) is 11.4 Å². The lowest BCUT2D eigenvalue weighted by Crippen LogP contribution is -2.24. The number of anilines is 1. The Hall–Kier alpha value is -2.25. The summed E-state index contributed by atoms with van der Waals surface area (Å²) in [7, 11) is -3.79. The van der Waals surface area contributed by atoms with E-state index in [2.05, 4.69) is 26.8 Å². The molecular weight excluding hydrogens is 317 g/mol. The topological polar surface area (TPSA) is 62.3 Å². The van der Waals surface area contributed by atoms with Crippen LogP contribution in [-0.2, 0) is 16.6 Å². The number of nitrogens with one attached hydrogen (secondary N) is 1. The van der Waals surface area contributed by atoms with Crippen molar-refractivity contribution in [1.29, 1.82) is 0 Å². The van der Waals surface area contributed by atoms with Crippen LogP contribution in [0.5, 0.6) is 0 Å². The van der Waals surface area contributed by atoms with Gasteiger partial charge < -0.3 is 4.90 Å². The Morgan fingerprint density at radius 3 is 2.70 bits per heavy atom. The van der Waals surface area contributed by atoms with Crippen molar-refractivity contribution >= 4 is 15.7 Å². The van der Waals surface area contributed by atoms with E-state index in [1.807, 2.05) is 24.3 Å². The summed E-state index contributed by atoms with van der Waals surface area (Å²) in [4.78, 5) is 5.56. The lowest BCUT2D eigenvalue weighted by molar-refractivity contribution is 0.575. The Bertz CT molecular complexity index is 829. The van der Waals surface area contributed by atoms with Gasteiger partial charge in [0.15, 0.2) is 0 Å². The number of nitrogens with zero attached hydrogens (tertiary/aromatic N) is 2. The number of hydrogen-bond donors (Lipinski definition) is 1.